The van der Waals surface area contributed by atoms with Crippen LogP contribution in [0.25, 0.3) is 0 Å². The maximum atomic E-state index is 11.6. The topological polar surface area (TPSA) is 76.0 Å². The molecule has 0 atom stereocenters. The van der Waals surface area contributed by atoms with Gasteiger partial charge in [-0.2, -0.15) is 4.98 Å². The van der Waals surface area contributed by atoms with E-state index < -0.39 is 5.69 Å². The van der Waals surface area contributed by atoms with Crippen molar-refractivity contribution in [2.24, 2.45) is 0 Å². The molecule has 1 rings (SSSR count). The van der Waals surface area contributed by atoms with Gasteiger partial charge in [0.2, 0.25) is 0 Å². The summed E-state index contributed by atoms with van der Waals surface area (Å²) < 4.78 is 1.29. The molecule has 0 spiro atoms. The number of hydrogen-bond donors (Lipinski definition) is 2. The van der Waals surface area contributed by atoms with Crippen LogP contribution in [0.4, 0.5) is 10.6 Å². The summed E-state index contributed by atoms with van der Waals surface area (Å²) in [6.45, 7) is 2.91. The van der Waals surface area contributed by atoms with Crippen LogP contribution in [-0.4, -0.2) is 22.1 Å². The van der Waals surface area contributed by atoms with Crippen molar-refractivity contribution in [3.63, 3.8) is 0 Å². The van der Waals surface area contributed by atoms with Crippen LogP contribution in [0.5, 0.6) is 0 Å². The monoisotopic (exact) mass is 276 g/mol. The molecule has 0 fully saturated rings. The lowest BCUT2D eigenvalue weighted by molar-refractivity contribution is 0.252. The van der Waals surface area contributed by atoms with Crippen LogP contribution in [0.1, 0.15) is 32.6 Å². The Bertz CT molecular complexity index is 531. The van der Waals surface area contributed by atoms with Crippen molar-refractivity contribution in [3.8, 4) is 12.3 Å². The second-order valence-corrected chi connectivity index (χ2v) is 4.37. The largest absolute Gasteiger partial charge is 0.350 e. The number of rotatable bonds is 7. The van der Waals surface area contributed by atoms with Gasteiger partial charge in [-0.25, -0.2) is 9.59 Å². The summed E-state index contributed by atoms with van der Waals surface area (Å²) >= 11 is 0. The highest BCUT2D eigenvalue weighted by Gasteiger charge is 2.03. The standard InChI is InChI=1S/C14H20N4O2/c1-3-5-6-7-9-15-13(19)16-12-8-11-18(10-4-2)14(20)17-12/h2,8,11H,3,5-7,9-10H2,1H3,(H2,15,16,17,19,20). The maximum absolute atomic E-state index is 11.6. The van der Waals surface area contributed by atoms with E-state index in [9.17, 15) is 9.59 Å². The highest BCUT2D eigenvalue weighted by atomic mass is 16.2. The predicted octanol–water partition coefficient (Wildman–Crippen LogP) is 1.58. The fourth-order valence-electron chi connectivity index (χ4n) is 1.63. The van der Waals surface area contributed by atoms with Gasteiger partial charge in [0.1, 0.15) is 5.82 Å². The first-order valence-corrected chi connectivity index (χ1v) is 6.73. The quantitative estimate of drug-likeness (QED) is 0.586. The lowest BCUT2D eigenvalue weighted by atomic mass is 10.2. The Balaban J connectivity index is 2.41. The van der Waals surface area contributed by atoms with Crippen LogP contribution in [0.2, 0.25) is 0 Å². The van der Waals surface area contributed by atoms with Crippen LogP contribution in [-0.2, 0) is 6.54 Å². The summed E-state index contributed by atoms with van der Waals surface area (Å²) in [7, 11) is 0. The van der Waals surface area contributed by atoms with Gasteiger partial charge in [0.25, 0.3) is 0 Å². The van der Waals surface area contributed by atoms with Crippen LogP contribution < -0.4 is 16.3 Å². The number of unbranched alkanes of at least 4 members (excludes halogenated alkanes) is 3. The Morgan fingerprint density at radius 3 is 2.90 bits per heavy atom. The Kier molecular flexibility index (Phi) is 6.90. The number of terminal acetylenes is 1. The molecular weight excluding hydrogens is 256 g/mol. The molecule has 0 saturated carbocycles. The molecule has 0 bridgehead atoms. The molecule has 0 radical (unpaired) electrons. The molecule has 108 valence electrons. The van der Waals surface area contributed by atoms with Gasteiger partial charge < -0.3 is 5.32 Å². The third-order valence-corrected chi connectivity index (χ3v) is 2.69. The SMILES string of the molecule is C#CCn1ccc(NC(=O)NCCCCCC)nc1=O. The average Bonchev–Trinajstić information content (AvgIpc) is 2.42. The van der Waals surface area contributed by atoms with Crippen molar-refractivity contribution < 1.29 is 4.79 Å². The number of carbonyl (C=O) groups excluding carboxylic acids is 1. The number of anilines is 1. The minimum atomic E-state index is -0.483. The van der Waals surface area contributed by atoms with Crippen molar-refractivity contribution in [3.05, 3.63) is 22.7 Å². The molecular formula is C14H20N4O2. The first-order valence-electron chi connectivity index (χ1n) is 6.73. The molecule has 6 nitrogen and oxygen atoms in total. The van der Waals surface area contributed by atoms with E-state index in [1.54, 1.807) is 0 Å². The van der Waals surface area contributed by atoms with E-state index in [1.807, 2.05) is 0 Å². The van der Waals surface area contributed by atoms with E-state index >= 15 is 0 Å². The van der Waals surface area contributed by atoms with Gasteiger partial charge in [-0.05, 0) is 12.5 Å². The second-order valence-electron chi connectivity index (χ2n) is 4.37. The van der Waals surface area contributed by atoms with Crippen molar-refractivity contribution in [1.82, 2.24) is 14.9 Å². The van der Waals surface area contributed by atoms with Gasteiger partial charge in [0.05, 0.1) is 6.54 Å². The first kappa shape index (κ1) is 15.8. The highest BCUT2D eigenvalue weighted by Crippen LogP contribution is 1.99. The van der Waals surface area contributed by atoms with Crippen LogP contribution in [0.3, 0.4) is 0 Å². The predicted molar refractivity (Wildman–Crippen MR) is 78.5 cm³/mol. The van der Waals surface area contributed by atoms with E-state index in [4.69, 9.17) is 6.42 Å². The smallest absolute Gasteiger partial charge is 0.338 e. The summed E-state index contributed by atoms with van der Waals surface area (Å²) in [6, 6.07) is 1.18. The molecule has 1 aromatic rings. The molecule has 1 heterocycles. The average molecular weight is 276 g/mol. The normalized spacial score (nSPS) is 9.80. The lowest BCUT2D eigenvalue weighted by Crippen LogP contribution is -2.31. The van der Waals surface area contributed by atoms with E-state index in [2.05, 4.69) is 28.5 Å². The van der Waals surface area contributed by atoms with E-state index in [-0.39, 0.29) is 18.4 Å². The molecule has 6 heteroatoms. The molecule has 0 aliphatic rings. The fourth-order valence-corrected chi connectivity index (χ4v) is 1.63. The number of amides is 2. The molecule has 2 amide bonds. The number of carbonyl (C=O) groups is 1. The molecule has 0 aliphatic carbocycles. The van der Waals surface area contributed by atoms with Crippen molar-refractivity contribution in [2.75, 3.05) is 11.9 Å². The second kappa shape index (κ2) is 8.75. The van der Waals surface area contributed by atoms with Crippen LogP contribution >= 0.6 is 0 Å². The van der Waals surface area contributed by atoms with Gasteiger partial charge in [0.15, 0.2) is 0 Å². The minimum Gasteiger partial charge on any atom is -0.338 e. The number of nitrogens with one attached hydrogen (secondary N) is 2. The van der Waals surface area contributed by atoms with Crippen molar-refractivity contribution >= 4 is 11.8 Å². The van der Waals surface area contributed by atoms with E-state index in [0.717, 1.165) is 25.7 Å². The molecule has 20 heavy (non-hydrogen) atoms. The van der Waals surface area contributed by atoms with Gasteiger partial charge in [-0.3, -0.25) is 9.88 Å². The summed E-state index contributed by atoms with van der Waals surface area (Å²) in [6.07, 6.45) is 11.0. The number of urea groups is 1. The van der Waals surface area contributed by atoms with E-state index in [1.165, 1.54) is 16.8 Å². The summed E-state index contributed by atoms with van der Waals surface area (Å²) in [5.74, 6) is 2.57. The van der Waals surface area contributed by atoms with Gasteiger partial charge in [-0.1, -0.05) is 32.1 Å². The molecule has 0 aliphatic heterocycles. The summed E-state index contributed by atoms with van der Waals surface area (Å²) in [4.78, 5) is 26.8. The molecule has 2 N–H and O–H groups in total. The third kappa shape index (κ3) is 5.57. The van der Waals surface area contributed by atoms with E-state index in [0.29, 0.717) is 6.54 Å². The molecule has 0 unspecified atom stereocenters. The van der Waals surface area contributed by atoms with Gasteiger partial charge in [-0.15, -0.1) is 6.42 Å². The highest BCUT2D eigenvalue weighted by molar-refractivity contribution is 5.87. The Hall–Kier alpha value is -2.29. The zero-order valence-corrected chi connectivity index (χ0v) is 11.7. The number of hydrogen-bond acceptors (Lipinski definition) is 3. The number of nitrogens with zero attached hydrogens (tertiary/aromatic N) is 2. The van der Waals surface area contributed by atoms with Crippen molar-refractivity contribution in [2.45, 2.75) is 39.2 Å². The van der Waals surface area contributed by atoms with Crippen LogP contribution in [0, 0.1) is 12.3 Å². The third-order valence-electron chi connectivity index (χ3n) is 2.69. The Morgan fingerprint density at radius 1 is 1.45 bits per heavy atom. The fraction of sp³-hybridized carbons (Fsp3) is 0.500. The number of aromatic nitrogens is 2. The zero-order valence-electron chi connectivity index (χ0n) is 11.7. The van der Waals surface area contributed by atoms with Gasteiger partial charge >= 0.3 is 11.7 Å². The molecule has 1 aromatic heterocycles. The summed E-state index contributed by atoms with van der Waals surface area (Å²) in [5.41, 5.74) is -0.483. The van der Waals surface area contributed by atoms with Crippen molar-refractivity contribution in [1.29, 1.82) is 0 Å². The Labute approximate surface area is 118 Å². The van der Waals surface area contributed by atoms with Crippen LogP contribution in [0.15, 0.2) is 17.1 Å². The lowest BCUT2D eigenvalue weighted by Gasteiger charge is -2.07. The molecule has 0 aromatic carbocycles. The zero-order chi connectivity index (χ0) is 14.8. The van der Waals surface area contributed by atoms with Gasteiger partial charge in [0, 0.05) is 12.7 Å². The first-order chi connectivity index (χ1) is 9.67. The summed E-state index contributed by atoms with van der Waals surface area (Å²) in [5, 5.41) is 5.23. The Morgan fingerprint density at radius 2 is 2.25 bits per heavy atom. The maximum Gasteiger partial charge on any atom is 0.350 e. The minimum absolute atomic E-state index is 0.162. The molecule has 0 saturated heterocycles.